The van der Waals surface area contributed by atoms with Crippen LogP contribution in [0.1, 0.15) is 77.0 Å². The summed E-state index contributed by atoms with van der Waals surface area (Å²) in [4.78, 5) is 12.0. The van der Waals surface area contributed by atoms with Crippen LogP contribution in [0, 0.1) is 11.3 Å². The van der Waals surface area contributed by atoms with E-state index in [2.05, 4.69) is 5.32 Å². The number of carbonyl (C=O) groups excluding carboxylic acids is 1. The van der Waals surface area contributed by atoms with Crippen molar-refractivity contribution in [1.82, 2.24) is 5.32 Å². The van der Waals surface area contributed by atoms with Crippen LogP contribution in [0.25, 0.3) is 0 Å². The minimum absolute atomic E-state index is 0.181. The topological polar surface area (TPSA) is 29.1 Å². The largest absolute Gasteiger partial charge is 0.356 e. The molecule has 2 rings (SSSR count). The van der Waals surface area contributed by atoms with Crippen LogP contribution in [0.2, 0.25) is 0 Å². The number of amides is 1. The monoisotopic (exact) mass is 299 g/mol. The van der Waals surface area contributed by atoms with Crippen molar-refractivity contribution < 1.29 is 4.79 Å². The van der Waals surface area contributed by atoms with E-state index in [1.807, 2.05) is 0 Å². The minimum atomic E-state index is 0.181. The molecule has 0 saturated heterocycles. The van der Waals surface area contributed by atoms with E-state index in [4.69, 9.17) is 11.6 Å². The number of rotatable bonds is 6. The van der Waals surface area contributed by atoms with Gasteiger partial charge in [-0.2, -0.15) is 0 Å². The van der Waals surface area contributed by atoms with Crippen molar-refractivity contribution in [1.29, 1.82) is 0 Å². The van der Waals surface area contributed by atoms with Crippen LogP contribution < -0.4 is 5.32 Å². The Kier molecular flexibility index (Phi) is 6.67. The molecule has 0 spiro atoms. The Morgan fingerprint density at radius 3 is 2.35 bits per heavy atom. The van der Waals surface area contributed by atoms with Gasteiger partial charge in [-0.15, -0.1) is 11.6 Å². The van der Waals surface area contributed by atoms with Crippen molar-refractivity contribution in [2.24, 2.45) is 11.3 Å². The zero-order chi connectivity index (χ0) is 14.3. The van der Waals surface area contributed by atoms with Gasteiger partial charge in [0.15, 0.2) is 0 Å². The highest BCUT2D eigenvalue weighted by molar-refractivity contribution is 6.18. The quantitative estimate of drug-likeness (QED) is 0.711. The zero-order valence-corrected chi connectivity index (χ0v) is 13.5. The molecule has 0 radical (unpaired) electrons. The van der Waals surface area contributed by atoms with E-state index >= 15 is 0 Å². The molecule has 0 heterocycles. The Bertz CT molecular complexity index is 293. The minimum Gasteiger partial charge on any atom is -0.356 e. The second-order valence-corrected chi connectivity index (χ2v) is 7.28. The molecule has 0 atom stereocenters. The van der Waals surface area contributed by atoms with Gasteiger partial charge in [0.2, 0.25) is 5.91 Å². The van der Waals surface area contributed by atoms with E-state index < -0.39 is 0 Å². The van der Waals surface area contributed by atoms with Crippen molar-refractivity contribution in [2.45, 2.75) is 77.0 Å². The molecular weight excluding hydrogens is 270 g/mol. The molecule has 0 aromatic heterocycles. The molecule has 1 N–H and O–H groups in total. The Morgan fingerprint density at radius 2 is 1.70 bits per heavy atom. The van der Waals surface area contributed by atoms with Crippen molar-refractivity contribution in [2.75, 3.05) is 12.4 Å². The van der Waals surface area contributed by atoms with Crippen LogP contribution in [0.5, 0.6) is 0 Å². The lowest BCUT2D eigenvalue weighted by Crippen LogP contribution is -2.40. The van der Waals surface area contributed by atoms with E-state index in [0.29, 0.717) is 12.3 Å². The summed E-state index contributed by atoms with van der Waals surface area (Å²) >= 11 is 6.17. The van der Waals surface area contributed by atoms with E-state index in [1.165, 1.54) is 64.2 Å². The van der Waals surface area contributed by atoms with Gasteiger partial charge in [-0.1, -0.05) is 51.4 Å². The molecule has 3 heteroatoms. The van der Waals surface area contributed by atoms with Gasteiger partial charge in [0.1, 0.15) is 0 Å². The summed E-state index contributed by atoms with van der Waals surface area (Å²) in [5, 5.41) is 3.16. The first-order valence-electron chi connectivity index (χ1n) is 8.57. The SMILES string of the molecule is O=C(CCC1CCCCC1)NCC1(CCl)CCCCC1. The standard InChI is InChI=1S/C17H30ClNO/c18-13-17(11-5-2-6-12-17)14-19-16(20)10-9-15-7-3-1-4-8-15/h15H,1-14H2,(H,19,20). The van der Waals surface area contributed by atoms with Gasteiger partial charge in [0.25, 0.3) is 0 Å². The lowest BCUT2D eigenvalue weighted by atomic mass is 9.75. The molecule has 0 aromatic rings. The number of alkyl halides is 1. The predicted molar refractivity (Wildman–Crippen MR) is 85.1 cm³/mol. The van der Waals surface area contributed by atoms with E-state index in [-0.39, 0.29) is 11.3 Å². The van der Waals surface area contributed by atoms with Gasteiger partial charge in [-0.05, 0) is 25.2 Å². The molecule has 2 nitrogen and oxygen atoms in total. The molecule has 116 valence electrons. The fraction of sp³-hybridized carbons (Fsp3) is 0.941. The molecule has 0 aliphatic heterocycles. The Hall–Kier alpha value is -0.240. The highest BCUT2D eigenvalue weighted by Gasteiger charge is 2.31. The molecule has 20 heavy (non-hydrogen) atoms. The smallest absolute Gasteiger partial charge is 0.220 e. The Morgan fingerprint density at radius 1 is 1.05 bits per heavy atom. The summed E-state index contributed by atoms with van der Waals surface area (Å²) in [5.74, 6) is 1.73. The molecule has 2 aliphatic rings. The van der Waals surface area contributed by atoms with Crippen LogP contribution in [-0.2, 0) is 4.79 Å². The number of nitrogens with one attached hydrogen (secondary N) is 1. The second-order valence-electron chi connectivity index (χ2n) is 7.01. The van der Waals surface area contributed by atoms with Crippen molar-refractivity contribution in [3.05, 3.63) is 0 Å². The average molecular weight is 300 g/mol. The molecule has 2 aliphatic carbocycles. The van der Waals surface area contributed by atoms with E-state index in [9.17, 15) is 4.79 Å². The summed E-state index contributed by atoms with van der Waals surface area (Å²) < 4.78 is 0. The lowest BCUT2D eigenvalue weighted by molar-refractivity contribution is -0.122. The summed E-state index contributed by atoms with van der Waals surface area (Å²) in [5.41, 5.74) is 0.181. The molecule has 0 bridgehead atoms. The maximum Gasteiger partial charge on any atom is 0.220 e. The zero-order valence-electron chi connectivity index (χ0n) is 12.8. The Balaban J connectivity index is 1.65. The lowest BCUT2D eigenvalue weighted by Gasteiger charge is -2.35. The molecule has 0 unspecified atom stereocenters. The van der Waals surface area contributed by atoms with Gasteiger partial charge in [-0.25, -0.2) is 0 Å². The first-order chi connectivity index (χ1) is 9.74. The fourth-order valence-corrected chi connectivity index (χ4v) is 4.21. The summed E-state index contributed by atoms with van der Waals surface area (Å²) in [6.45, 7) is 0.792. The molecule has 2 fully saturated rings. The van der Waals surface area contributed by atoms with Crippen LogP contribution in [0.3, 0.4) is 0 Å². The summed E-state index contributed by atoms with van der Waals surface area (Å²) in [6.07, 6.45) is 14.8. The maximum atomic E-state index is 12.0. The van der Waals surface area contributed by atoms with Crippen molar-refractivity contribution >= 4 is 17.5 Å². The second kappa shape index (κ2) is 8.26. The van der Waals surface area contributed by atoms with Crippen LogP contribution >= 0.6 is 11.6 Å². The first-order valence-corrected chi connectivity index (χ1v) is 9.10. The summed E-state index contributed by atoms with van der Waals surface area (Å²) in [7, 11) is 0. The summed E-state index contributed by atoms with van der Waals surface area (Å²) in [6, 6.07) is 0. The highest BCUT2D eigenvalue weighted by Crippen LogP contribution is 2.36. The van der Waals surface area contributed by atoms with Gasteiger partial charge in [0.05, 0.1) is 0 Å². The van der Waals surface area contributed by atoms with Gasteiger partial charge >= 0.3 is 0 Å². The van der Waals surface area contributed by atoms with E-state index in [0.717, 1.165) is 18.9 Å². The van der Waals surface area contributed by atoms with Crippen LogP contribution in [0.4, 0.5) is 0 Å². The third-order valence-corrected chi connectivity index (χ3v) is 5.93. The maximum absolute atomic E-state index is 12.0. The van der Waals surface area contributed by atoms with Crippen molar-refractivity contribution in [3.8, 4) is 0 Å². The highest BCUT2D eigenvalue weighted by atomic mass is 35.5. The average Bonchev–Trinajstić information content (AvgIpc) is 2.53. The number of hydrogen-bond acceptors (Lipinski definition) is 1. The van der Waals surface area contributed by atoms with Crippen LogP contribution in [-0.4, -0.2) is 18.3 Å². The van der Waals surface area contributed by atoms with Crippen LogP contribution in [0.15, 0.2) is 0 Å². The molecule has 1 amide bonds. The van der Waals surface area contributed by atoms with Gasteiger partial charge < -0.3 is 5.32 Å². The molecular formula is C17H30ClNO. The third-order valence-electron chi connectivity index (χ3n) is 5.36. The van der Waals surface area contributed by atoms with E-state index in [1.54, 1.807) is 0 Å². The number of halogens is 1. The van der Waals surface area contributed by atoms with Gasteiger partial charge in [-0.3, -0.25) is 4.79 Å². The fourth-order valence-electron chi connectivity index (χ4n) is 3.84. The molecule has 0 aromatic carbocycles. The normalized spacial score (nSPS) is 23.4. The third kappa shape index (κ3) is 4.95. The Labute approximate surface area is 129 Å². The predicted octanol–water partition coefficient (Wildman–Crippen LogP) is 4.65. The number of hydrogen-bond donors (Lipinski definition) is 1. The molecule has 2 saturated carbocycles. The number of carbonyl (C=O) groups is 1. The van der Waals surface area contributed by atoms with Gasteiger partial charge in [0, 0.05) is 24.3 Å². The van der Waals surface area contributed by atoms with Crippen molar-refractivity contribution in [3.63, 3.8) is 0 Å². The first kappa shape index (κ1) is 16.1.